The third-order valence-corrected chi connectivity index (χ3v) is 5.80. The molecule has 0 aromatic carbocycles. The summed E-state index contributed by atoms with van der Waals surface area (Å²) in [5, 5.41) is 9.49. The minimum absolute atomic E-state index is 0.0710. The van der Waals surface area contributed by atoms with Crippen LogP contribution in [0.1, 0.15) is 35.9 Å². The van der Waals surface area contributed by atoms with Crippen LogP contribution >= 0.6 is 11.3 Å². The van der Waals surface area contributed by atoms with Crippen LogP contribution < -0.4 is 5.32 Å². The number of carbonyl (C=O) groups is 1. The van der Waals surface area contributed by atoms with Crippen molar-refractivity contribution >= 4 is 17.2 Å². The van der Waals surface area contributed by atoms with Crippen molar-refractivity contribution in [2.24, 2.45) is 5.92 Å². The molecule has 1 unspecified atom stereocenters. The van der Waals surface area contributed by atoms with Crippen LogP contribution in [0.15, 0.2) is 29.8 Å². The van der Waals surface area contributed by atoms with Gasteiger partial charge in [0.1, 0.15) is 6.04 Å². The van der Waals surface area contributed by atoms with Gasteiger partial charge in [0.15, 0.2) is 0 Å². The summed E-state index contributed by atoms with van der Waals surface area (Å²) >= 11 is 1.67. The van der Waals surface area contributed by atoms with Crippen molar-refractivity contribution in [2.75, 3.05) is 13.1 Å². The van der Waals surface area contributed by atoms with E-state index in [9.17, 15) is 4.79 Å². The van der Waals surface area contributed by atoms with Crippen molar-refractivity contribution in [3.05, 3.63) is 40.3 Å². The highest BCUT2D eigenvalue weighted by molar-refractivity contribution is 7.09. The zero-order valence-corrected chi connectivity index (χ0v) is 14.0. The molecule has 1 N–H and O–H groups in total. The van der Waals surface area contributed by atoms with Crippen LogP contribution in [0.5, 0.6) is 0 Å². The first-order valence-electron chi connectivity index (χ1n) is 8.34. The molecule has 0 bridgehead atoms. The monoisotopic (exact) mass is 330 g/mol. The maximum Gasteiger partial charge on any atom is 0.246 e. The first kappa shape index (κ1) is 14.9. The summed E-state index contributed by atoms with van der Waals surface area (Å²) in [6.07, 6.45) is 5.85. The van der Waals surface area contributed by atoms with Crippen molar-refractivity contribution in [3.63, 3.8) is 0 Å². The first-order chi connectivity index (χ1) is 11.3. The quantitative estimate of drug-likeness (QED) is 0.916. The maximum atomic E-state index is 12.7. The number of rotatable bonds is 5. The van der Waals surface area contributed by atoms with Gasteiger partial charge in [-0.1, -0.05) is 12.5 Å². The molecule has 1 saturated carbocycles. The second-order valence-corrected chi connectivity index (χ2v) is 7.60. The molecule has 23 heavy (non-hydrogen) atoms. The van der Waals surface area contributed by atoms with Gasteiger partial charge in [-0.25, -0.2) is 0 Å². The van der Waals surface area contributed by atoms with Crippen LogP contribution in [-0.2, 0) is 17.9 Å². The number of hydrogen-bond acceptors (Lipinski definition) is 4. The van der Waals surface area contributed by atoms with Crippen LogP contribution in [0.25, 0.3) is 0 Å². The van der Waals surface area contributed by atoms with Crippen molar-refractivity contribution in [2.45, 2.75) is 38.4 Å². The molecule has 1 aliphatic carbocycles. The zero-order chi connectivity index (χ0) is 15.6. The number of nitrogens with zero attached hydrogens (tertiary/aromatic N) is 3. The molecule has 122 valence electrons. The van der Waals surface area contributed by atoms with E-state index < -0.39 is 0 Å². The van der Waals surface area contributed by atoms with Gasteiger partial charge in [-0.15, -0.1) is 11.3 Å². The summed E-state index contributed by atoms with van der Waals surface area (Å²) in [5.74, 6) is 0.890. The average molecular weight is 330 g/mol. The number of hydrogen-bond donors (Lipinski definition) is 1. The van der Waals surface area contributed by atoms with E-state index in [0.717, 1.165) is 31.2 Å². The van der Waals surface area contributed by atoms with E-state index in [0.29, 0.717) is 6.54 Å². The molecule has 0 spiro atoms. The van der Waals surface area contributed by atoms with Gasteiger partial charge in [0, 0.05) is 30.7 Å². The highest BCUT2D eigenvalue weighted by atomic mass is 32.1. The molecule has 3 heterocycles. The molecular weight excluding hydrogens is 308 g/mol. The van der Waals surface area contributed by atoms with Crippen LogP contribution in [0.2, 0.25) is 0 Å². The Morgan fingerprint density at radius 3 is 3.04 bits per heavy atom. The SMILES string of the molecule is O=C(NCc1cccs1)C1CN(CC2CCC2)Cc2ccnn21. The van der Waals surface area contributed by atoms with E-state index in [1.165, 1.54) is 24.1 Å². The zero-order valence-electron chi connectivity index (χ0n) is 13.1. The molecule has 5 nitrogen and oxygen atoms in total. The fourth-order valence-electron chi connectivity index (χ4n) is 3.44. The molecular formula is C17H22N4OS. The first-order valence-corrected chi connectivity index (χ1v) is 9.22. The molecule has 4 rings (SSSR count). The lowest BCUT2D eigenvalue weighted by Crippen LogP contribution is -2.46. The number of nitrogens with one attached hydrogen (secondary N) is 1. The fraction of sp³-hybridized carbons (Fsp3) is 0.529. The molecule has 1 atom stereocenters. The fourth-order valence-corrected chi connectivity index (χ4v) is 4.09. The Morgan fingerprint density at radius 2 is 2.30 bits per heavy atom. The maximum absolute atomic E-state index is 12.7. The molecule has 2 aromatic heterocycles. The van der Waals surface area contributed by atoms with Gasteiger partial charge < -0.3 is 5.32 Å². The average Bonchev–Trinajstić information content (AvgIpc) is 3.18. The van der Waals surface area contributed by atoms with Crippen LogP contribution in [0, 0.1) is 5.92 Å². The molecule has 6 heteroatoms. The van der Waals surface area contributed by atoms with Crippen LogP contribution in [-0.4, -0.2) is 33.7 Å². The molecule has 0 saturated heterocycles. The van der Waals surface area contributed by atoms with Gasteiger partial charge in [0.05, 0.1) is 12.2 Å². The minimum atomic E-state index is -0.214. The van der Waals surface area contributed by atoms with Crippen molar-refractivity contribution < 1.29 is 4.79 Å². The molecule has 1 amide bonds. The highest BCUT2D eigenvalue weighted by Gasteiger charge is 2.32. The Labute approximate surface area is 140 Å². The predicted molar refractivity (Wildman–Crippen MR) is 90.0 cm³/mol. The predicted octanol–water partition coefficient (Wildman–Crippen LogP) is 2.42. The van der Waals surface area contributed by atoms with Crippen LogP contribution in [0.4, 0.5) is 0 Å². The van der Waals surface area contributed by atoms with Crippen LogP contribution in [0.3, 0.4) is 0 Å². The molecule has 0 radical (unpaired) electrons. The van der Waals surface area contributed by atoms with Crippen molar-refractivity contribution in [3.8, 4) is 0 Å². The molecule has 1 fully saturated rings. The summed E-state index contributed by atoms with van der Waals surface area (Å²) in [6, 6.07) is 5.88. The summed E-state index contributed by atoms with van der Waals surface area (Å²) in [5.41, 5.74) is 1.15. The third kappa shape index (κ3) is 3.19. The number of fused-ring (bicyclic) bond motifs is 1. The summed E-state index contributed by atoms with van der Waals surface area (Å²) in [6.45, 7) is 3.39. The molecule has 1 aliphatic heterocycles. The van der Waals surface area contributed by atoms with Gasteiger partial charge in [-0.05, 0) is 36.3 Å². The Bertz CT molecular complexity index is 662. The summed E-state index contributed by atoms with van der Waals surface area (Å²) in [4.78, 5) is 16.3. The second-order valence-electron chi connectivity index (χ2n) is 6.57. The van der Waals surface area contributed by atoms with E-state index in [4.69, 9.17) is 0 Å². The third-order valence-electron chi connectivity index (χ3n) is 4.92. The number of amides is 1. The Kier molecular flexibility index (Phi) is 4.18. The number of aromatic nitrogens is 2. The van der Waals surface area contributed by atoms with Gasteiger partial charge in [-0.2, -0.15) is 5.10 Å². The van der Waals surface area contributed by atoms with Gasteiger partial charge >= 0.3 is 0 Å². The number of carbonyl (C=O) groups excluding carboxylic acids is 1. The number of thiophene rings is 1. The standard InChI is InChI=1S/C17H22N4OS/c22-17(18-9-15-5-2-8-23-15)16-12-20(10-13-3-1-4-13)11-14-6-7-19-21(14)16/h2,5-8,13,16H,1,3-4,9-12H2,(H,18,22). The Balaban J connectivity index is 1.44. The molecule has 2 aromatic rings. The van der Waals surface area contributed by atoms with E-state index in [1.54, 1.807) is 11.3 Å². The van der Waals surface area contributed by atoms with E-state index in [1.807, 2.05) is 34.5 Å². The minimum Gasteiger partial charge on any atom is -0.349 e. The topological polar surface area (TPSA) is 50.2 Å². The van der Waals surface area contributed by atoms with Crippen molar-refractivity contribution in [1.82, 2.24) is 20.0 Å². The highest BCUT2D eigenvalue weighted by Crippen LogP contribution is 2.29. The summed E-state index contributed by atoms with van der Waals surface area (Å²) < 4.78 is 1.90. The largest absolute Gasteiger partial charge is 0.349 e. The van der Waals surface area contributed by atoms with Crippen molar-refractivity contribution in [1.29, 1.82) is 0 Å². The van der Waals surface area contributed by atoms with E-state index >= 15 is 0 Å². The second kappa shape index (κ2) is 6.45. The van der Waals surface area contributed by atoms with E-state index in [-0.39, 0.29) is 11.9 Å². The van der Waals surface area contributed by atoms with Gasteiger partial charge in [-0.3, -0.25) is 14.4 Å². The lowest BCUT2D eigenvalue weighted by atomic mass is 9.85. The van der Waals surface area contributed by atoms with Gasteiger partial charge in [0.25, 0.3) is 0 Å². The lowest BCUT2D eigenvalue weighted by Gasteiger charge is -2.37. The lowest BCUT2D eigenvalue weighted by molar-refractivity contribution is -0.126. The van der Waals surface area contributed by atoms with E-state index in [2.05, 4.69) is 15.3 Å². The summed E-state index contributed by atoms with van der Waals surface area (Å²) in [7, 11) is 0. The molecule has 2 aliphatic rings. The Morgan fingerprint density at radius 1 is 1.39 bits per heavy atom. The normalized spacial score (nSPS) is 21.7. The van der Waals surface area contributed by atoms with Gasteiger partial charge in [0.2, 0.25) is 5.91 Å². The Hall–Kier alpha value is -1.66. The smallest absolute Gasteiger partial charge is 0.246 e.